The molecule has 0 saturated heterocycles. The summed E-state index contributed by atoms with van der Waals surface area (Å²) in [5, 5.41) is 0. The first-order valence-corrected chi connectivity index (χ1v) is 13.5. The maximum Gasteiger partial charge on any atom is 0.166 e. The lowest BCUT2D eigenvalue weighted by Gasteiger charge is -2.23. The highest BCUT2D eigenvalue weighted by atomic mass is 19.2. The number of hydrogen-bond acceptors (Lipinski definition) is 0. The predicted octanol–water partition coefficient (Wildman–Crippen LogP) is 9.56. The molecule has 0 spiro atoms. The summed E-state index contributed by atoms with van der Waals surface area (Å²) in [4.78, 5) is 0. The first-order chi connectivity index (χ1) is 17.6. The molecular formula is C34H38F2. The summed E-state index contributed by atoms with van der Waals surface area (Å²) < 4.78 is 29.3. The number of aryl methyl sites for hydroxylation is 4. The van der Waals surface area contributed by atoms with Gasteiger partial charge in [-0.25, -0.2) is 8.78 Å². The molecule has 1 atom stereocenters. The van der Waals surface area contributed by atoms with Crippen LogP contribution in [0.25, 0.3) is 5.57 Å². The van der Waals surface area contributed by atoms with E-state index < -0.39 is 11.6 Å². The minimum absolute atomic E-state index is 0.433. The van der Waals surface area contributed by atoms with Gasteiger partial charge in [0, 0.05) is 5.56 Å². The maximum absolute atomic E-state index is 14.8. The van der Waals surface area contributed by atoms with Crippen LogP contribution in [0.5, 0.6) is 0 Å². The Morgan fingerprint density at radius 2 is 1.44 bits per heavy atom. The van der Waals surface area contributed by atoms with Crippen LogP contribution in [0.1, 0.15) is 84.7 Å². The molecule has 36 heavy (non-hydrogen) atoms. The normalized spacial score (nSPS) is 15.5. The van der Waals surface area contributed by atoms with Crippen molar-refractivity contribution < 1.29 is 8.78 Å². The van der Waals surface area contributed by atoms with Crippen molar-refractivity contribution in [2.24, 2.45) is 0 Å². The third-order valence-electron chi connectivity index (χ3n) is 7.53. The van der Waals surface area contributed by atoms with Crippen molar-refractivity contribution in [2.45, 2.75) is 77.0 Å². The molecule has 0 heterocycles. The van der Waals surface area contributed by atoms with Crippen LogP contribution in [0.4, 0.5) is 8.78 Å². The molecule has 0 saturated carbocycles. The average Bonchev–Trinajstić information content (AvgIpc) is 2.92. The maximum atomic E-state index is 14.8. The van der Waals surface area contributed by atoms with Crippen LogP contribution >= 0.6 is 0 Å². The summed E-state index contributed by atoms with van der Waals surface area (Å²) in [5.41, 5.74) is 7.29. The van der Waals surface area contributed by atoms with Crippen LogP contribution in [0, 0.1) is 11.6 Å². The number of hydrogen-bond donors (Lipinski definition) is 0. The average molecular weight is 485 g/mol. The molecule has 0 fully saturated rings. The Balaban J connectivity index is 1.33. The van der Waals surface area contributed by atoms with Crippen molar-refractivity contribution >= 4 is 5.57 Å². The van der Waals surface area contributed by atoms with Crippen LogP contribution in [0.15, 0.2) is 79.4 Å². The van der Waals surface area contributed by atoms with E-state index >= 15 is 0 Å². The highest BCUT2D eigenvalue weighted by molar-refractivity contribution is 5.67. The number of rotatable bonds is 11. The third kappa shape index (κ3) is 6.60. The quantitative estimate of drug-likeness (QED) is 0.238. The topological polar surface area (TPSA) is 0 Å². The van der Waals surface area contributed by atoms with Crippen LogP contribution < -0.4 is 0 Å². The van der Waals surface area contributed by atoms with Gasteiger partial charge in [-0.05, 0) is 97.1 Å². The second-order valence-corrected chi connectivity index (χ2v) is 10.1. The fourth-order valence-electron chi connectivity index (χ4n) is 5.17. The monoisotopic (exact) mass is 484 g/mol. The van der Waals surface area contributed by atoms with E-state index in [0.717, 1.165) is 63.4 Å². The van der Waals surface area contributed by atoms with Gasteiger partial charge in [0.15, 0.2) is 11.6 Å². The summed E-state index contributed by atoms with van der Waals surface area (Å²) in [6.45, 7) is 5.86. The molecule has 2 heteroatoms. The number of unbranched alkanes of at least 4 members (excludes halogenated alkanes) is 1. The smallest absolute Gasteiger partial charge is 0.166 e. The Hall–Kier alpha value is -3.00. The van der Waals surface area contributed by atoms with Gasteiger partial charge >= 0.3 is 0 Å². The zero-order valence-corrected chi connectivity index (χ0v) is 21.5. The highest BCUT2D eigenvalue weighted by Crippen LogP contribution is 2.37. The van der Waals surface area contributed by atoms with Crippen LogP contribution in [-0.2, 0) is 25.7 Å². The Kier molecular flexibility index (Phi) is 9.28. The van der Waals surface area contributed by atoms with E-state index in [1.54, 1.807) is 12.1 Å². The Bertz CT molecular complexity index is 1170. The Labute approximate surface area is 215 Å². The summed E-state index contributed by atoms with van der Waals surface area (Å²) in [7, 11) is 0. The molecule has 0 bridgehead atoms. The molecular weight excluding hydrogens is 446 g/mol. The van der Waals surface area contributed by atoms with Crippen molar-refractivity contribution in [3.05, 3.63) is 124 Å². The van der Waals surface area contributed by atoms with Gasteiger partial charge in [-0.15, -0.1) is 6.58 Å². The van der Waals surface area contributed by atoms with Gasteiger partial charge in [0.1, 0.15) is 0 Å². The molecule has 3 aromatic rings. The van der Waals surface area contributed by atoms with Crippen molar-refractivity contribution in [3.63, 3.8) is 0 Å². The van der Waals surface area contributed by atoms with Gasteiger partial charge < -0.3 is 0 Å². The van der Waals surface area contributed by atoms with E-state index in [1.807, 2.05) is 6.08 Å². The third-order valence-corrected chi connectivity index (χ3v) is 7.53. The fraction of sp³-hybridized carbons (Fsp3) is 0.353. The van der Waals surface area contributed by atoms with Crippen molar-refractivity contribution in [2.75, 3.05) is 0 Å². The van der Waals surface area contributed by atoms with E-state index in [9.17, 15) is 8.78 Å². The summed E-state index contributed by atoms with van der Waals surface area (Å²) in [5.74, 6) is -0.907. The van der Waals surface area contributed by atoms with E-state index in [0.29, 0.717) is 23.5 Å². The van der Waals surface area contributed by atoms with Gasteiger partial charge in [0.05, 0.1) is 0 Å². The number of benzene rings is 3. The molecule has 0 radical (unpaired) electrons. The minimum Gasteiger partial charge on any atom is -0.203 e. The van der Waals surface area contributed by atoms with Crippen LogP contribution in [-0.4, -0.2) is 0 Å². The van der Waals surface area contributed by atoms with Gasteiger partial charge in [0.2, 0.25) is 0 Å². The minimum atomic E-state index is -0.677. The zero-order chi connectivity index (χ0) is 25.3. The molecule has 4 rings (SSSR count). The molecule has 1 aliphatic carbocycles. The lowest BCUT2D eigenvalue weighted by atomic mass is 9.82. The molecule has 188 valence electrons. The van der Waals surface area contributed by atoms with E-state index in [1.165, 1.54) is 22.3 Å². The fourth-order valence-corrected chi connectivity index (χ4v) is 5.17. The second-order valence-electron chi connectivity index (χ2n) is 10.1. The molecule has 0 N–H and O–H groups in total. The first kappa shape index (κ1) is 26.1. The van der Waals surface area contributed by atoms with Gasteiger partial charge in [-0.3, -0.25) is 0 Å². The first-order valence-electron chi connectivity index (χ1n) is 13.5. The van der Waals surface area contributed by atoms with E-state index in [4.69, 9.17) is 0 Å². The number of allylic oxidation sites excluding steroid dienone is 3. The molecule has 1 aliphatic rings. The largest absolute Gasteiger partial charge is 0.203 e. The van der Waals surface area contributed by atoms with Gasteiger partial charge in [0.25, 0.3) is 0 Å². The molecule has 0 amide bonds. The molecule has 3 aromatic carbocycles. The second kappa shape index (κ2) is 12.8. The van der Waals surface area contributed by atoms with Crippen LogP contribution in [0.2, 0.25) is 0 Å². The zero-order valence-electron chi connectivity index (χ0n) is 21.5. The summed E-state index contributed by atoms with van der Waals surface area (Å²) >= 11 is 0. The van der Waals surface area contributed by atoms with Crippen molar-refractivity contribution in [3.8, 4) is 0 Å². The Morgan fingerprint density at radius 3 is 2.03 bits per heavy atom. The molecule has 0 aliphatic heterocycles. The lowest BCUT2D eigenvalue weighted by Crippen LogP contribution is -2.06. The summed E-state index contributed by atoms with van der Waals surface area (Å²) in [6.07, 6.45) is 13.3. The van der Waals surface area contributed by atoms with E-state index in [-0.39, 0.29) is 0 Å². The van der Waals surface area contributed by atoms with Gasteiger partial charge in [-0.2, -0.15) is 0 Å². The highest BCUT2D eigenvalue weighted by Gasteiger charge is 2.21. The SMILES string of the molecule is C=CCCc1ccc(CCc2ccc(C3CC=C(c4ccc(CCCC)c(F)c4F)CC3)cc2)cc1. The van der Waals surface area contributed by atoms with Crippen LogP contribution in [0.3, 0.4) is 0 Å². The predicted molar refractivity (Wildman–Crippen MR) is 148 cm³/mol. The standard InChI is InChI=1S/C34H38F2/c1-3-5-7-25-9-11-26(12-10-25)13-14-27-15-17-28(18-16-27)29-19-21-30(22-20-29)32-24-23-31(8-6-4-2)33(35)34(32)36/h3,9-12,15-18,21,23-24,29H,1,4-8,13-14,19-20,22H2,2H3. The molecule has 1 unspecified atom stereocenters. The molecule has 0 aromatic heterocycles. The Morgan fingerprint density at radius 1 is 0.806 bits per heavy atom. The van der Waals surface area contributed by atoms with Crippen molar-refractivity contribution in [1.82, 2.24) is 0 Å². The molecule has 0 nitrogen and oxygen atoms in total. The van der Waals surface area contributed by atoms with Gasteiger partial charge in [-0.1, -0.05) is 86.2 Å². The van der Waals surface area contributed by atoms with Crippen molar-refractivity contribution in [1.29, 1.82) is 0 Å². The summed E-state index contributed by atoms with van der Waals surface area (Å²) in [6, 6.07) is 21.5. The van der Waals surface area contributed by atoms with E-state index in [2.05, 4.69) is 68.1 Å². The number of halogens is 2. The lowest BCUT2D eigenvalue weighted by molar-refractivity contribution is 0.493.